The molecule has 0 bridgehead atoms. The predicted octanol–water partition coefficient (Wildman–Crippen LogP) is 2.32. The van der Waals surface area contributed by atoms with Crippen molar-refractivity contribution < 1.29 is 14.5 Å². The van der Waals surface area contributed by atoms with E-state index in [4.69, 9.17) is 4.74 Å². The molecule has 8 heteroatoms. The molecule has 0 saturated heterocycles. The number of hydrogen-bond donors (Lipinski definition) is 2. The van der Waals surface area contributed by atoms with Gasteiger partial charge >= 0.3 is 6.03 Å². The number of urea groups is 1. The molecule has 0 atom stereocenters. The quantitative estimate of drug-likeness (QED) is 0.651. The molecule has 0 aliphatic heterocycles. The highest BCUT2D eigenvalue weighted by Crippen LogP contribution is 2.15. The molecule has 2 N–H and O–H groups in total. The maximum absolute atomic E-state index is 11.7. The van der Waals surface area contributed by atoms with Gasteiger partial charge in [-0.3, -0.25) is 10.1 Å². The third kappa shape index (κ3) is 4.17. The fourth-order valence-electron chi connectivity index (χ4n) is 1.66. The van der Waals surface area contributed by atoms with Crippen LogP contribution < -0.4 is 15.4 Å². The minimum atomic E-state index is -0.499. The number of non-ortho nitro benzene ring substituents is 1. The summed E-state index contributed by atoms with van der Waals surface area (Å²) >= 11 is 0. The van der Waals surface area contributed by atoms with Gasteiger partial charge in [-0.05, 0) is 17.7 Å². The number of anilines is 1. The number of nitro benzene ring substituents is 1. The number of aromatic nitrogens is 1. The number of hydrogen-bond acceptors (Lipinski definition) is 5. The van der Waals surface area contributed by atoms with E-state index in [0.29, 0.717) is 18.1 Å². The fraction of sp³-hybridized carbons (Fsp3) is 0.143. The maximum atomic E-state index is 11.7. The van der Waals surface area contributed by atoms with Crippen LogP contribution in [-0.4, -0.2) is 23.0 Å². The van der Waals surface area contributed by atoms with Crippen LogP contribution in [0.5, 0.6) is 5.88 Å². The summed E-state index contributed by atoms with van der Waals surface area (Å²) in [5, 5.41) is 15.8. The van der Waals surface area contributed by atoms with Gasteiger partial charge in [0.25, 0.3) is 5.69 Å². The number of amides is 2. The number of benzene rings is 1. The van der Waals surface area contributed by atoms with Crippen molar-refractivity contribution >= 4 is 17.4 Å². The van der Waals surface area contributed by atoms with Gasteiger partial charge in [0.05, 0.1) is 12.0 Å². The van der Waals surface area contributed by atoms with Crippen LogP contribution in [0.3, 0.4) is 0 Å². The van der Waals surface area contributed by atoms with E-state index in [0.717, 1.165) is 5.56 Å². The Morgan fingerprint density at radius 1 is 1.27 bits per heavy atom. The minimum Gasteiger partial charge on any atom is -0.481 e. The molecule has 1 aromatic carbocycles. The zero-order chi connectivity index (χ0) is 15.9. The minimum absolute atomic E-state index is 0.0322. The van der Waals surface area contributed by atoms with E-state index in [1.807, 2.05) is 0 Å². The lowest BCUT2D eigenvalue weighted by Crippen LogP contribution is -2.28. The van der Waals surface area contributed by atoms with Crippen molar-refractivity contribution in [3.8, 4) is 5.88 Å². The Morgan fingerprint density at radius 3 is 2.55 bits per heavy atom. The van der Waals surface area contributed by atoms with E-state index in [9.17, 15) is 14.9 Å². The number of ether oxygens (including phenoxy) is 1. The molecule has 2 aromatic rings. The summed E-state index contributed by atoms with van der Waals surface area (Å²) in [7, 11) is 1.53. The summed E-state index contributed by atoms with van der Waals surface area (Å²) in [6.45, 7) is 0.301. The first-order chi connectivity index (χ1) is 10.6. The summed E-state index contributed by atoms with van der Waals surface area (Å²) in [5.41, 5.74) is 1.26. The van der Waals surface area contributed by atoms with Crippen molar-refractivity contribution in [1.29, 1.82) is 0 Å². The average Bonchev–Trinajstić information content (AvgIpc) is 2.54. The van der Waals surface area contributed by atoms with Crippen molar-refractivity contribution in [3.05, 3.63) is 58.3 Å². The Balaban J connectivity index is 1.85. The van der Waals surface area contributed by atoms with Gasteiger partial charge in [0.15, 0.2) is 0 Å². The van der Waals surface area contributed by atoms with Crippen LogP contribution in [0.4, 0.5) is 16.2 Å². The summed E-state index contributed by atoms with van der Waals surface area (Å²) in [4.78, 5) is 25.8. The fourth-order valence-corrected chi connectivity index (χ4v) is 1.66. The van der Waals surface area contributed by atoms with Gasteiger partial charge in [-0.2, -0.15) is 0 Å². The molecule has 1 heterocycles. The van der Waals surface area contributed by atoms with Crippen LogP contribution in [0.2, 0.25) is 0 Å². The standard InChI is InChI=1S/C14H14N4O4/c1-22-13-7-2-10(8-15-13)9-16-14(19)17-11-3-5-12(6-4-11)18(20)21/h2-8H,9H2,1H3,(H2,16,17,19). The van der Waals surface area contributed by atoms with E-state index in [1.54, 1.807) is 18.3 Å². The number of pyridine rings is 1. The second kappa shape index (κ2) is 7.02. The lowest BCUT2D eigenvalue weighted by Gasteiger charge is -2.07. The monoisotopic (exact) mass is 302 g/mol. The Kier molecular flexibility index (Phi) is 4.86. The van der Waals surface area contributed by atoms with Crippen molar-refractivity contribution in [2.45, 2.75) is 6.54 Å². The topological polar surface area (TPSA) is 106 Å². The molecule has 0 radical (unpaired) electrons. The van der Waals surface area contributed by atoms with Crippen LogP contribution in [0.25, 0.3) is 0 Å². The van der Waals surface area contributed by atoms with Gasteiger partial charge in [0.2, 0.25) is 5.88 Å². The molecule has 22 heavy (non-hydrogen) atoms. The normalized spacial score (nSPS) is 9.86. The molecule has 2 amide bonds. The highest BCUT2D eigenvalue weighted by atomic mass is 16.6. The lowest BCUT2D eigenvalue weighted by atomic mass is 10.3. The Morgan fingerprint density at radius 2 is 2.00 bits per heavy atom. The number of carbonyl (C=O) groups excluding carboxylic acids is 1. The number of nitrogens with zero attached hydrogens (tertiary/aromatic N) is 2. The first-order valence-corrected chi connectivity index (χ1v) is 6.36. The molecule has 2 rings (SSSR count). The molecule has 1 aromatic heterocycles. The molecule has 0 aliphatic carbocycles. The molecule has 0 spiro atoms. The van der Waals surface area contributed by atoms with Gasteiger partial charge in [0, 0.05) is 36.6 Å². The smallest absolute Gasteiger partial charge is 0.319 e. The summed E-state index contributed by atoms with van der Waals surface area (Å²) in [6.07, 6.45) is 1.60. The van der Waals surface area contributed by atoms with Crippen molar-refractivity contribution in [2.24, 2.45) is 0 Å². The van der Waals surface area contributed by atoms with Crippen LogP contribution in [0.1, 0.15) is 5.56 Å². The van der Waals surface area contributed by atoms with Gasteiger partial charge in [-0.1, -0.05) is 6.07 Å². The maximum Gasteiger partial charge on any atom is 0.319 e. The summed E-state index contributed by atoms with van der Waals surface area (Å²) in [5.74, 6) is 0.499. The average molecular weight is 302 g/mol. The molecule has 114 valence electrons. The predicted molar refractivity (Wildman–Crippen MR) is 79.7 cm³/mol. The highest BCUT2D eigenvalue weighted by Gasteiger charge is 2.06. The number of methoxy groups -OCH3 is 1. The Bertz CT molecular complexity index is 656. The van der Waals surface area contributed by atoms with E-state index in [-0.39, 0.29) is 5.69 Å². The second-order valence-electron chi connectivity index (χ2n) is 4.32. The first-order valence-electron chi connectivity index (χ1n) is 6.36. The molecule has 0 aliphatic rings. The Labute approximate surface area is 126 Å². The van der Waals surface area contributed by atoms with Gasteiger partial charge in [0.1, 0.15) is 0 Å². The third-order valence-corrected chi connectivity index (χ3v) is 2.80. The summed E-state index contributed by atoms with van der Waals surface area (Å²) in [6, 6.07) is 8.65. The molecular weight excluding hydrogens is 288 g/mol. The van der Waals surface area contributed by atoms with E-state index < -0.39 is 11.0 Å². The zero-order valence-electron chi connectivity index (χ0n) is 11.8. The molecule has 0 saturated carbocycles. The van der Waals surface area contributed by atoms with E-state index in [2.05, 4.69) is 15.6 Å². The number of carbonyl (C=O) groups is 1. The lowest BCUT2D eigenvalue weighted by molar-refractivity contribution is -0.384. The SMILES string of the molecule is COc1ccc(CNC(=O)Nc2ccc([N+](=O)[O-])cc2)cn1. The van der Waals surface area contributed by atoms with Crippen LogP contribution in [0, 0.1) is 10.1 Å². The number of rotatable bonds is 5. The van der Waals surface area contributed by atoms with Crippen LogP contribution in [-0.2, 0) is 6.54 Å². The van der Waals surface area contributed by atoms with Crippen LogP contribution in [0.15, 0.2) is 42.6 Å². The number of nitrogens with one attached hydrogen (secondary N) is 2. The van der Waals surface area contributed by atoms with Crippen molar-refractivity contribution in [3.63, 3.8) is 0 Å². The van der Waals surface area contributed by atoms with Crippen molar-refractivity contribution in [2.75, 3.05) is 12.4 Å². The molecular formula is C14H14N4O4. The van der Waals surface area contributed by atoms with Gasteiger partial charge < -0.3 is 15.4 Å². The summed E-state index contributed by atoms with van der Waals surface area (Å²) < 4.78 is 4.94. The van der Waals surface area contributed by atoms with E-state index in [1.165, 1.54) is 31.4 Å². The van der Waals surface area contributed by atoms with Gasteiger partial charge in [-0.25, -0.2) is 9.78 Å². The van der Waals surface area contributed by atoms with E-state index >= 15 is 0 Å². The molecule has 0 fully saturated rings. The highest BCUT2D eigenvalue weighted by molar-refractivity contribution is 5.89. The molecule has 8 nitrogen and oxygen atoms in total. The Hall–Kier alpha value is -3.16. The molecule has 0 unspecified atom stereocenters. The third-order valence-electron chi connectivity index (χ3n) is 2.80. The zero-order valence-corrected chi connectivity index (χ0v) is 11.8. The number of nitro groups is 1. The van der Waals surface area contributed by atoms with Crippen LogP contribution >= 0.6 is 0 Å². The van der Waals surface area contributed by atoms with Gasteiger partial charge in [-0.15, -0.1) is 0 Å². The largest absolute Gasteiger partial charge is 0.481 e. The van der Waals surface area contributed by atoms with Crippen molar-refractivity contribution in [1.82, 2.24) is 10.3 Å². The first kappa shape index (κ1) is 15.2. The second-order valence-corrected chi connectivity index (χ2v) is 4.32.